The summed E-state index contributed by atoms with van der Waals surface area (Å²) in [6.07, 6.45) is 3.06. The van der Waals surface area contributed by atoms with Crippen molar-refractivity contribution in [2.45, 2.75) is 13.5 Å². The van der Waals surface area contributed by atoms with Gasteiger partial charge in [0.2, 0.25) is 0 Å². The zero-order valence-corrected chi connectivity index (χ0v) is 10.9. The Balaban J connectivity index is 2.34. The van der Waals surface area contributed by atoms with E-state index in [1.54, 1.807) is 24.4 Å². The summed E-state index contributed by atoms with van der Waals surface area (Å²) in [5, 5.41) is 13.9. The molecule has 0 saturated carbocycles. The van der Waals surface area contributed by atoms with Crippen molar-refractivity contribution in [1.29, 1.82) is 0 Å². The van der Waals surface area contributed by atoms with Crippen LogP contribution in [0.2, 0.25) is 0 Å². The number of nitrogens with zero attached hydrogens (tertiary/aromatic N) is 3. The number of aromatic nitrogens is 2. The van der Waals surface area contributed by atoms with E-state index in [1.165, 1.54) is 16.8 Å². The van der Waals surface area contributed by atoms with Gasteiger partial charge in [-0.15, -0.1) is 0 Å². The SMILES string of the molecule is CCNc1cc(Cn2cccnc2=O)ccc1[N+](=O)[O-]. The molecule has 2 rings (SSSR count). The second-order valence-corrected chi connectivity index (χ2v) is 4.17. The van der Waals surface area contributed by atoms with Gasteiger partial charge in [-0.2, -0.15) is 0 Å². The van der Waals surface area contributed by atoms with E-state index in [2.05, 4.69) is 10.3 Å². The monoisotopic (exact) mass is 274 g/mol. The van der Waals surface area contributed by atoms with E-state index in [9.17, 15) is 14.9 Å². The molecule has 0 aliphatic heterocycles. The maximum atomic E-state index is 11.5. The molecule has 0 fully saturated rings. The first-order valence-corrected chi connectivity index (χ1v) is 6.14. The van der Waals surface area contributed by atoms with Gasteiger partial charge < -0.3 is 5.32 Å². The Kier molecular flexibility index (Phi) is 4.09. The van der Waals surface area contributed by atoms with Crippen LogP contribution in [0.4, 0.5) is 11.4 Å². The number of anilines is 1. The van der Waals surface area contributed by atoms with E-state index in [4.69, 9.17) is 0 Å². The van der Waals surface area contributed by atoms with Crippen LogP contribution in [-0.2, 0) is 6.54 Å². The van der Waals surface area contributed by atoms with Crippen molar-refractivity contribution in [1.82, 2.24) is 9.55 Å². The lowest BCUT2D eigenvalue weighted by molar-refractivity contribution is -0.384. The first kappa shape index (κ1) is 13.7. The highest BCUT2D eigenvalue weighted by atomic mass is 16.6. The molecular weight excluding hydrogens is 260 g/mol. The Bertz CT molecular complexity index is 681. The van der Waals surface area contributed by atoms with E-state index in [0.717, 1.165) is 5.56 Å². The molecule has 7 heteroatoms. The zero-order valence-electron chi connectivity index (χ0n) is 10.9. The topological polar surface area (TPSA) is 90.1 Å². The van der Waals surface area contributed by atoms with E-state index in [0.29, 0.717) is 18.8 Å². The van der Waals surface area contributed by atoms with Crippen LogP contribution in [0.1, 0.15) is 12.5 Å². The molecule has 2 aromatic rings. The Morgan fingerprint density at radius 2 is 2.25 bits per heavy atom. The minimum Gasteiger partial charge on any atom is -0.380 e. The molecule has 0 unspecified atom stereocenters. The number of nitro benzene ring substituents is 1. The highest BCUT2D eigenvalue weighted by molar-refractivity contribution is 5.62. The van der Waals surface area contributed by atoms with E-state index in [-0.39, 0.29) is 11.4 Å². The van der Waals surface area contributed by atoms with Crippen molar-refractivity contribution in [3.8, 4) is 0 Å². The van der Waals surface area contributed by atoms with Gasteiger partial charge in [-0.25, -0.2) is 9.78 Å². The maximum Gasteiger partial charge on any atom is 0.347 e. The predicted molar refractivity (Wildman–Crippen MR) is 74.9 cm³/mol. The number of benzene rings is 1. The molecule has 1 aromatic carbocycles. The summed E-state index contributed by atoms with van der Waals surface area (Å²) in [6, 6.07) is 6.42. The molecule has 0 atom stereocenters. The van der Waals surface area contributed by atoms with Crippen LogP contribution in [0, 0.1) is 10.1 Å². The lowest BCUT2D eigenvalue weighted by Crippen LogP contribution is -2.21. The molecule has 0 amide bonds. The third-order valence-electron chi connectivity index (χ3n) is 2.76. The Morgan fingerprint density at radius 3 is 2.90 bits per heavy atom. The molecule has 0 radical (unpaired) electrons. The second-order valence-electron chi connectivity index (χ2n) is 4.17. The van der Waals surface area contributed by atoms with Gasteiger partial charge in [-0.3, -0.25) is 14.7 Å². The van der Waals surface area contributed by atoms with Crippen molar-refractivity contribution in [3.05, 3.63) is 62.8 Å². The van der Waals surface area contributed by atoms with Crippen molar-refractivity contribution in [2.24, 2.45) is 0 Å². The van der Waals surface area contributed by atoms with E-state index >= 15 is 0 Å². The maximum absolute atomic E-state index is 11.5. The van der Waals surface area contributed by atoms with Crippen LogP contribution in [0.15, 0.2) is 41.5 Å². The molecule has 0 spiro atoms. The number of rotatable bonds is 5. The fraction of sp³-hybridized carbons (Fsp3) is 0.231. The standard InChI is InChI=1S/C13H14N4O3/c1-2-14-11-8-10(4-5-12(11)17(19)20)9-16-7-3-6-15-13(16)18/h3-8,14H,2,9H2,1H3. The summed E-state index contributed by atoms with van der Waals surface area (Å²) in [5.74, 6) is 0. The largest absolute Gasteiger partial charge is 0.380 e. The van der Waals surface area contributed by atoms with Crippen molar-refractivity contribution < 1.29 is 4.92 Å². The first-order valence-electron chi connectivity index (χ1n) is 6.14. The predicted octanol–water partition coefficient (Wildman–Crippen LogP) is 1.63. The summed E-state index contributed by atoms with van der Waals surface area (Å²) in [5.41, 5.74) is 0.915. The van der Waals surface area contributed by atoms with Crippen LogP contribution in [0.5, 0.6) is 0 Å². The molecule has 1 N–H and O–H groups in total. The third-order valence-corrected chi connectivity index (χ3v) is 2.76. The van der Waals surface area contributed by atoms with Gasteiger partial charge >= 0.3 is 5.69 Å². The number of hydrogen-bond donors (Lipinski definition) is 1. The highest BCUT2D eigenvalue weighted by Crippen LogP contribution is 2.25. The second kappa shape index (κ2) is 5.96. The van der Waals surface area contributed by atoms with Gasteiger partial charge in [0.05, 0.1) is 11.5 Å². The van der Waals surface area contributed by atoms with Gasteiger partial charge in [0, 0.05) is 25.0 Å². The summed E-state index contributed by atoms with van der Waals surface area (Å²) in [7, 11) is 0. The van der Waals surface area contributed by atoms with Crippen LogP contribution in [0.25, 0.3) is 0 Å². The Hall–Kier alpha value is -2.70. The van der Waals surface area contributed by atoms with Crippen LogP contribution in [-0.4, -0.2) is 21.0 Å². The number of nitrogens with one attached hydrogen (secondary N) is 1. The molecule has 104 valence electrons. The highest BCUT2D eigenvalue weighted by Gasteiger charge is 2.13. The third kappa shape index (κ3) is 3.00. The lowest BCUT2D eigenvalue weighted by atomic mass is 10.1. The van der Waals surface area contributed by atoms with Crippen molar-refractivity contribution in [2.75, 3.05) is 11.9 Å². The average molecular weight is 274 g/mol. The van der Waals surface area contributed by atoms with Gasteiger partial charge in [-0.1, -0.05) is 6.07 Å². The Labute approximate surface area is 115 Å². The van der Waals surface area contributed by atoms with Gasteiger partial charge in [-0.05, 0) is 24.6 Å². The van der Waals surface area contributed by atoms with Crippen LogP contribution in [0.3, 0.4) is 0 Å². The molecule has 0 aliphatic rings. The smallest absolute Gasteiger partial charge is 0.347 e. The summed E-state index contributed by atoms with van der Waals surface area (Å²) in [4.78, 5) is 25.7. The molecule has 1 aromatic heterocycles. The molecule has 1 heterocycles. The summed E-state index contributed by atoms with van der Waals surface area (Å²) >= 11 is 0. The van der Waals surface area contributed by atoms with Crippen LogP contribution >= 0.6 is 0 Å². The van der Waals surface area contributed by atoms with Gasteiger partial charge in [0.15, 0.2) is 0 Å². The molecular formula is C13H14N4O3. The summed E-state index contributed by atoms with van der Waals surface area (Å²) in [6.45, 7) is 2.77. The van der Waals surface area contributed by atoms with Crippen molar-refractivity contribution in [3.63, 3.8) is 0 Å². The van der Waals surface area contributed by atoms with Gasteiger partial charge in [0.1, 0.15) is 5.69 Å². The Morgan fingerprint density at radius 1 is 1.45 bits per heavy atom. The fourth-order valence-corrected chi connectivity index (χ4v) is 1.88. The lowest BCUT2D eigenvalue weighted by Gasteiger charge is -2.08. The molecule has 0 saturated heterocycles. The average Bonchev–Trinajstić information content (AvgIpc) is 2.42. The van der Waals surface area contributed by atoms with Crippen LogP contribution < -0.4 is 11.0 Å². The zero-order chi connectivity index (χ0) is 14.5. The minimum atomic E-state index is -0.433. The van der Waals surface area contributed by atoms with E-state index in [1.807, 2.05) is 6.92 Å². The van der Waals surface area contributed by atoms with Gasteiger partial charge in [0.25, 0.3) is 5.69 Å². The fourth-order valence-electron chi connectivity index (χ4n) is 1.88. The molecule has 0 aliphatic carbocycles. The summed E-state index contributed by atoms with van der Waals surface area (Å²) < 4.78 is 1.44. The van der Waals surface area contributed by atoms with E-state index < -0.39 is 4.92 Å². The number of nitro groups is 1. The van der Waals surface area contributed by atoms with Crippen molar-refractivity contribution >= 4 is 11.4 Å². The molecule has 7 nitrogen and oxygen atoms in total. The molecule has 20 heavy (non-hydrogen) atoms. The first-order chi connectivity index (χ1) is 9.61. The minimum absolute atomic E-state index is 0.0223. The quantitative estimate of drug-likeness (QED) is 0.661. The number of hydrogen-bond acceptors (Lipinski definition) is 5. The molecule has 0 bridgehead atoms. The normalized spacial score (nSPS) is 10.2.